The van der Waals surface area contributed by atoms with Crippen molar-refractivity contribution in [3.63, 3.8) is 0 Å². The Balaban J connectivity index is 2.45. The third kappa shape index (κ3) is 1.41. The van der Waals surface area contributed by atoms with Crippen LogP contribution in [0.4, 0.5) is 0 Å². The van der Waals surface area contributed by atoms with Crippen LogP contribution in [0.3, 0.4) is 0 Å². The molecule has 0 bridgehead atoms. The second kappa shape index (κ2) is 2.25. The summed E-state index contributed by atoms with van der Waals surface area (Å²) < 4.78 is 0. The van der Waals surface area contributed by atoms with Gasteiger partial charge >= 0.3 is 0 Å². The van der Waals surface area contributed by atoms with Crippen molar-refractivity contribution in [3.05, 3.63) is 0 Å². The largest absolute Gasteiger partial charge is 0.379 e. The lowest BCUT2D eigenvalue weighted by Gasteiger charge is -2.20. The number of aliphatic hydroxyl groups is 2. The Morgan fingerprint density at radius 1 is 1.78 bits per heavy atom. The molecule has 0 aliphatic carbocycles. The van der Waals surface area contributed by atoms with Crippen LogP contribution in [0.25, 0.3) is 0 Å². The third-order valence-electron chi connectivity index (χ3n) is 1.85. The van der Waals surface area contributed by atoms with Crippen molar-refractivity contribution in [2.75, 3.05) is 0 Å². The maximum Gasteiger partial charge on any atom is 0.117 e. The van der Waals surface area contributed by atoms with Crippen molar-refractivity contribution in [2.24, 2.45) is 0 Å². The van der Waals surface area contributed by atoms with E-state index in [1.165, 1.54) is 0 Å². The molecule has 0 radical (unpaired) electrons. The monoisotopic (exact) mass is 131 g/mol. The Kier molecular flexibility index (Phi) is 1.75. The molecule has 0 aromatic rings. The van der Waals surface area contributed by atoms with E-state index in [0.717, 1.165) is 0 Å². The van der Waals surface area contributed by atoms with Crippen LogP contribution in [0.1, 0.15) is 26.2 Å². The second-order valence-electron chi connectivity index (χ2n) is 2.58. The average molecular weight is 131 g/mol. The highest BCUT2D eigenvalue weighted by atomic mass is 16.3. The van der Waals surface area contributed by atoms with E-state index in [-0.39, 0.29) is 0 Å². The first kappa shape index (κ1) is 6.99. The van der Waals surface area contributed by atoms with E-state index in [0.29, 0.717) is 19.3 Å². The molecular formula is C6H13NO2. The van der Waals surface area contributed by atoms with Crippen molar-refractivity contribution in [1.82, 2.24) is 5.32 Å². The summed E-state index contributed by atoms with van der Waals surface area (Å²) in [5.74, 6) is 0. The van der Waals surface area contributed by atoms with Crippen LogP contribution in [0.2, 0.25) is 0 Å². The highest BCUT2D eigenvalue weighted by Gasteiger charge is 2.33. The van der Waals surface area contributed by atoms with Crippen LogP contribution in [-0.2, 0) is 0 Å². The molecule has 0 aromatic carbocycles. The van der Waals surface area contributed by atoms with E-state index in [9.17, 15) is 5.11 Å². The first-order chi connectivity index (χ1) is 4.16. The summed E-state index contributed by atoms with van der Waals surface area (Å²) >= 11 is 0. The highest BCUT2D eigenvalue weighted by molar-refractivity contribution is 4.82. The Labute approximate surface area is 54.7 Å². The summed E-state index contributed by atoms with van der Waals surface area (Å²) in [6, 6.07) is 0. The average Bonchev–Trinajstić information content (AvgIpc) is 2.13. The summed E-state index contributed by atoms with van der Waals surface area (Å²) in [5.41, 5.74) is -0.792. The molecule has 54 valence electrons. The van der Waals surface area contributed by atoms with Gasteiger partial charge in [0.05, 0.1) is 0 Å². The molecule has 0 amide bonds. The molecule has 0 saturated carbocycles. The Hall–Kier alpha value is -0.120. The molecule has 1 aliphatic heterocycles. The van der Waals surface area contributed by atoms with Crippen molar-refractivity contribution < 1.29 is 10.2 Å². The van der Waals surface area contributed by atoms with Gasteiger partial charge in [0.25, 0.3) is 0 Å². The first-order valence-electron chi connectivity index (χ1n) is 3.34. The van der Waals surface area contributed by atoms with E-state index in [2.05, 4.69) is 5.32 Å². The normalized spacial score (nSPS) is 43.7. The lowest BCUT2D eigenvalue weighted by Crippen LogP contribution is -2.42. The van der Waals surface area contributed by atoms with Gasteiger partial charge in [-0.2, -0.15) is 0 Å². The molecule has 1 fully saturated rings. The van der Waals surface area contributed by atoms with E-state index in [4.69, 9.17) is 5.11 Å². The Morgan fingerprint density at radius 2 is 2.44 bits per heavy atom. The molecule has 3 heteroatoms. The quantitative estimate of drug-likeness (QED) is 0.461. The molecule has 1 heterocycles. The molecule has 2 unspecified atom stereocenters. The van der Waals surface area contributed by atoms with Gasteiger partial charge in [-0.3, -0.25) is 5.32 Å². The van der Waals surface area contributed by atoms with E-state index in [1.807, 2.05) is 6.92 Å². The predicted molar refractivity (Wildman–Crippen MR) is 33.6 cm³/mol. The van der Waals surface area contributed by atoms with Gasteiger partial charge in [-0.25, -0.2) is 0 Å². The lowest BCUT2D eigenvalue weighted by atomic mass is 10.1. The van der Waals surface area contributed by atoms with Gasteiger partial charge in [0.2, 0.25) is 0 Å². The Bertz CT molecular complexity index is 107. The molecular weight excluding hydrogens is 118 g/mol. The van der Waals surface area contributed by atoms with Crippen molar-refractivity contribution in [3.8, 4) is 0 Å². The maximum atomic E-state index is 9.40. The zero-order chi connectivity index (χ0) is 6.91. The van der Waals surface area contributed by atoms with E-state index in [1.54, 1.807) is 0 Å². The van der Waals surface area contributed by atoms with Crippen LogP contribution < -0.4 is 5.32 Å². The van der Waals surface area contributed by atoms with Gasteiger partial charge in [0.15, 0.2) is 0 Å². The molecule has 0 aromatic heterocycles. The number of rotatable bonds is 1. The first-order valence-corrected chi connectivity index (χ1v) is 3.34. The van der Waals surface area contributed by atoms with Gasteiger partial charge < -0.3 is 10.2 Å². The van der Waals surface area contributed by atoms with Crippen LogP contribution in [0, 0.1) is 0 Å². The molecule has 3 N–H and O–H groups in total. The summed E-state index contributed by atoms with van der Waals surface area (Å²) in [6.07, 6.45) is 1.47. The SMILES string of the molecule is CCC1(O)CCC(O)N1. The lowest BCUT2D eigenvalue weighted by molar-refractivity contribution is -0.00357. The molecule has 3 nitrogen and oxygen atoms in total. The summed E-state index contributed by atoms with van der Waals surface area (Å²) in [6.45, 7) is 1.89. The minimum absolute atomic E-state index is 0.505. The minimum Gasteiger partial charge on any atom is -0.379 e. The predicted octanol–water partition coefficient (Wildman–Crippen LogP) is -0.213. The number of hydrogen-bond acceptors (Lipinski definition) is 3. The molecule has 0 spiro atoms. The molecule has 2 atom stereocenters. The zero-order valence-corrected chi connectivity index (χ0v) is 5.59. The van der Waals surface area contributed by atoms with E-state index < -0.39 is 12.0 Å². The van der Waals surface area contributed by atoms with Crippen molar-refractivity contribution in [1.29, 1.82) is 0 Å². The fraction of sp³-hybridized carbons (Fsp3) is 1.00. The molecule has 1 aliphatic rings. The summed E-state index contributed by atoms with van der Waals surface area (Å²) in [7, 11) is 0. The fourth-order valence-corrected chi connectivity index (χ4v) is 1.11. The molecule has 9 heavy (non-hydrogen) atoms. The van der Waals surface area contributed by atoms with Gasteiger partial charge in [0.1, 0.15) is 12.0 Å². The van der Waals surface area contributed by atoms with Crippen LogP contribution in [0.5, 0.6) is 0 Å². The zero-order valence-electron chi connectivity index (χ0n) is 5.59. The minimum atomic E-state index is -0.792. The van der Waals surface area contributed by atoms with Gasteiger partial charge in [0, 0.05) is 0 Å². The fourth-order valence-electron chi connectivity index (χ4n) is 1.11. The number of hydrogen-bond donors (Lipinski definition) is 3. The van der Waals surface area contributed by atoms with Crippen LogP contribution >= 0.6 is 0 Å². The maximum absolute atomic E-state index is 9.40. The summed E-state index contributed by atoms with van der Waals surface area (Å²) in [5, 5.41) is 21.0. The van der Waals surface area contributed by atoms with Gasteiger partial charge in [-0.05, 0) is 19.3 Å². The van der Waals surface area contributed by atoms with Crippen molar-refractivity contribution in [2.45, 2.75) is 38.1 Å². The van der Waals surface area contributed by atoms with E-state index >= 15 is 0 Å². The number of nitrogens with one attached hydrogen (secondary N) is 1. The van der Waals surface area contributed by atoms with Gasteiger partial charge in [-0.1, -0.05) is 6.92 Å². The van der Waals surface area contributed by atoms with Crippen molar-refractivity contribution >= 4 is 0 Å². The van der Waals surface area contributed by atoms with Gasteiger partial charge in [-0.15, -0.1) is 0 Å². The smallest absolute Gasteiger partial charge is 0.117 e. The highest BCUT2D eigenvalue weighted by Crippen LogP contribution is 2.21. The second-order valence-corrected chi connectivity index (χ2v) is 2.58. The topological polar surface area (TPSA) is 52.5 Å². The molecule has 1 rings (SSSR count). The Morgan fingerprint density at radius 3 is 2.67 bits per heavy atom. The van der Waals surface area contributed by atoms with Crippen LogP contribution in [0.15, 0.2) is 0 Å². The van der Waals surface area contributed by atoms with Crippen LogP contribution in [-0.4, -0.2) is 22.2 Å². The third-order valence-corrected chi connectivity index (χ3v) is 1.85. The number of aliphatic hydroxyl groups excluding tert-OH is 1. The summed E-state index contributed by atoms with van der Waals surface area (Å²) in [4.78, 5) is 0. The standard InChI is InChI=1S/C6H13NO2/c1-2-6(9)4-3-5(8)7-6/h5,7-9H,2-4H2,1H3. The molecule has 1 saturated heterocycles.